The van der Waals surface area contributed by atoms with E-state index in [2.05, 4.69) is 52.6 Å². The first-order valence-electron chi connectivity index (χ1n) is 18.7. The Morgan fingerprint density at radius 2 is 2.00 bits per heavy atom. The Kier molecular flexibility index (Phi) is 11.6. The van der Waals surface area contributed by atoms with E-state index in [-0.39, 0.29) is 34.6 Å². The Morgan fingerprint density at radius 1 is 1.19 bits per heavy atom. The van der Waals surface area contributed by atoms with E-state index in [1.807, 2.05) is 25.1 Å². The number of hydrogen-bond acceptors (Lipinski definition) is 8. The zero-order valence-corrected chi connectivity index (χ0v) is 32.7. The van der Waals surface area contributed by atoms with Gasteiger partial charge in [-0.25, -0.2) is 4.21 Å². The third kappa shape index (κ3) is 8.16. The van der Waals surface area contributed by atoms with Crippen LogP contribution in [-0.2, 0) is 33.3 Å². The van der Waals surface area contributed by atoms with Gasteiger partial charge in [0.1, 0.15) is 11.3 Å². The van der Waals surface area contributed by atoms with Crippen LogP contribution in [0.3, 0.4) is 0 Å². The van der Waals surface area contributed by atoms with Crippen LogP contribution in [0.5, 0.6) is 11.6 Å². The van der Waals surface area contributed by atoms with E-state index in [4.69, 9.17) is 14.2 Å². The summed E-state index contributed by atoms with van der Waals surface area (Å²) in [4.78, 5) is 30.1. The van der Waals surface area contributed by atoms with Crippen molar-refractivity contribution in [3.63, 3.8) is 0 Å². The number of rotatable bonds is 14. The van der Waals surface area contributed by atoms with Crippen LogP contribution >= 0.6 is 0 Å². The summed E-state index contributed by atoms with van der Waals surface area (Å²) in [6.45, 7) is 13.9. The van der Waals surface area contributed by atoms with Crippen molar-refractivity contribution >= 4 is 27.1 Å². The lowest BCUT2D eigenvalue weighted by molar-refractivity contribution is 0.0135. The molecule has 1 spiro atoms. The van der Waals surface area contributed by atoms with Gasteiger partial charge in [-0.3, -0.25) is 14.3 Å². The lowest BCUT2D eigenvalue weighted by Gasteiger charge is -2.46. The number of Topliss-reactive ketones (excluding diaryl/α,β-unsaturated/α-hetero) is 1. The highest BCUT2D eigenvalue weighted by Crippen LogP contribution is 2.46. The maximum absolute atomic E-state index is 14.6. The molecule has 1 saturated carbocycles. The van der Waals surface area contributed by atoms with Gasteiger partial charge in [0.05, 0.1) is 41.0 Å². The number of amides is 1. The average molecular weight is 743 g/mol. The van der Waals surface area contributed by atoms with Gasteiger partial charge in [-0.05, 0) is 92.5 Å². The third-order valence-electron chi connectivity index (χ3n) is 11.3. The van der Waals surface area contributed by atoms with Crippen molar-refractivity contribution in [2.24, 2.45) is 29.2 Å². The van der Waals surface area contributed by atoms with Gasteiger partial charge in [-0.1, -0.05) is 42.8 Å². The van der Waals surface area contributed by atoms with Crippen molar-refractivity contribution in [1.82, 2.24) is 9.78 Å². The van der Waals surface area contributed by atoms with Gasteiger partial charge in [-0.15, -0.1) is 18.3 Å². The topological polar surface area (TPSA) is 112 Å². The Morgan fingerprint density at radius 3 is 2.70 bits per heavy atom. The molecule has 2 heterocycles. The Labute approximate surface area is 314 Å². The standard InChI is InChI=1S/C42H54N4O6S/c1-8-11-29(4)24-53(49,25-37(47)34-23-45(5)43-41(34)51-7)44-40(48)31-15-18-39-36(21-31)46(22-32-14-16-33(32)38(9-2)50-6)26-42(27-52-39)19-10-12-30-20-28(3)13-17-35(30)42/h8-9,13,15,17-18,20-21,23,29,32-33,38H,1-2,10-12,14,16,19,22,24-27H2,3-7H3/t29-,32-,33+,38-,42-,53+/m0/s1. The number of ketones is 1. The van der Waals surface area contributed by atoms with Crippen molar-refractivity contribution in [3.05, 3.63) is 95.7 Å². The molecule has 1 aliphatic heterocycles. The van der Waals surface area contributed by atoms with Gasteiger partial charge < -0.3 is 19.1 Å². The van der Waals surface area contributed by atoms with Crippen molar-refractivity contribution in [2.75, 3.05) is 50.3 Å². The summed E-state index contributed by atoms with van der Waals surface area (Å²) in [5.41, 5.74) is 5.08. The van der Waals surface area contributed by atoms with Crippen LogP contribution in [0.15, 0.2) is 72.3 Å². The number of anilines is 1. The maximum Gasteiger partial charge on any atom is 0.285 e. The Hall–Kier alpha value is -4.22. The molecule has 6 atom stereocenters. The van der Waals surface area contributed by atoms with E-state index in [0.717, 1.165) is 50.9 Å². The number of carbonyl (C=O) groups excluding carboxylic acids is 2. The van der Waals surface area contributed by atoms with Crippen LogP contribution in [0.2, 0.25) is 0 Å². The predicted molar refractivity (Wildman–Crippen MR) is 210 cm³/mol. The van der Waals surface area contributed by atoms with Crippen molar-refractivity contribution in [2.45, 2.75) is 63.9 Å². The molecule has 2 aliphatic carbocycles. The minimum atomic E-state index is -3.34. The number of aromatic nitrogens is 2. The normalized spacial score (nSPS) is 22.8. The molecule has 6 rings (SSSR count). The molecule has 10 nitrogen and oxygen atoms in total. The van der Waals surface area contributed by atoms with Crippen molar-refractivity contribution < 1.29 is 28.0 Å². The number of ether oxygens (including phenoxy) is 3. The second kappa shape index (κ2) is 16.0. The predicted octanol–water partition coefficient (Wildman–Crippen LogP) is 7.14. The zero-order chi connectivity index (χ0) is 37.9. The average Bonchev–Trinajstić information content (AvgIpc) is 3.44. The van der Waals surface area contributed by atoms with E-state index in [1.165, 1.54) is 34.7 Å². The van der Waals surface area contributed by atoms with E-state index in [1.54, 1.807) is 26.3 Å². The van der Waals surface area contributed by atoms with Gasteiger partial charge in [-0.2, -0.15) is 4.36 Å². The summed E-state index contributed by atoms with van der Waals surface area (Å²) in [5.74, 6) is 0.0104. The minimum Gasteiger partial charge on any atom is -0.490 e. The van der Waals surface area contributed by atoms with Crippen LogP contribution in [-0.4, -0.2) is 77.2 Å². The summed E-state index contributed by atoms with van der Waals surface area (Å²) < 4.78 is 38.2. The first-order valence-corrected chi connectivity index (χ1v) is 20.5. The number of hydrogen-bond donors (Lipinski definition) is 0. The zero-order valence-electron chi connectivity index (χ0n) is 31.8. The van der Waals surface area contributed by atoms with Crippen LogP contribution in [0.1, 0.15) is 76.4 Å². The number of methoxy groups -OCH3 is 2. The number of nitrogens with zero attached hydrogens (tertiary/aromatic N) is 4. The lowest BCUT2D eigenvalue weighted by atomic mass is 9.68. The molecule has 0 unspecified atom stereocenters. The molecule has 1 amide bonds. The molecule has 0 bridgehead atoms. The first-order chi connectivity index (χ1) is 25.4. The molecule has 0 saturated heterocycles. The van der Waals surface area contributed by atoms with E-state index in [0.29, 0.717) is 36.2 Å². The molecule has 0 N–H and O–H groups in total. The monoisotopic (exact) mass is 742 g/mol. The maximum atomic E-state index is 14.6. The fourth-order valence-corrected chi connectivity index (χ4v) is 10.9. The molecular weight excluding hydrogens is 689 g/mol. The fraction of sp³-hybridized carbons (Fsp3) is 0.500. The van der Waals surface area contributed by atoms with Gasteiger partial charge in [0.15, 0.2) is 5.78 Å². The molecule has 53 heavy (non-hydrogen) atoms. The SMILES string of the molecule is C=CC[C@H](C)C[S@@](=O)(CC(=O)c1cn(C)nc1OC)=NC(=O)c1ccc2c(c1)N(C[C@@H]1CC[C@H]1[C@H](C=C)OC)C[C@@]1(CCCc3cc(C)ccc31)CO2. The van der Waals surface area contributed by atoms with Crippen LogP contribution in [0, 0.1) is 24.7 Å². The number of benzene rings is 2. The molecule has 284 valence electrons. The van der Waals surface area contributed by atoms with E-state index < -0.39 is 27.2 Å². The molecule has 1 aromatic heterocycles. The summed E-state index contributed by atoms with van der Waals surface area (Å²) in [5, 5.41) is 4.18. The van der Waals surface area contributed by atoms with Crippen LogP contribution in [0.25, 0.3) is 0 Å². The summed E-state index contributed by atoms with van der Waals surface area (Å²) in [6.07, 6.45) is 11.0. The second-order valence-electron chi connectivity index (χ2n) is 15.3. The van der Waals surface area contributed by atoms with E-state index in [9.17, 15) is 13.8 Å². The number of aryl methyl sites for hydroxylation is 3. The highest BCUT2D eigenvalue weighted by molar-refractivity contribution is 7.94. The highest BCUT2D eigenvalue weighted by atomic mass is 32.2. The van der Waals surface area contributed by atoms with Crippen LogP contribution in [0.4, 0.5) is 5.69 Å². The fourth-order valence-electron chi connectivity index (χ4n) is 8.61. The van der Waals surface area contributed by atoms with E-state index >= 15 is 0 Å². The first kappa shape index (κ1) is 38.5. The van der Waals surface area contributed by atoms with Gasteiger partial charge in [0, 0.05) is 50.2 Å². The summed E-state index contributed by atoms with van der Waals surface area (Å²) in [7, 11) is 1.51. The second-order valence-corrected chi connectivity index (χ2v) is 17.7. The molecule has 0 radical (unpaired) electrons. The highest BCUT2D eigenvalue weighted by Gasteiger charge is 2.44. The molecule has 11 heteroatoms. The third-order valence-corrected chi connectivity index (χ3v) is 13.6. The summed E-state index contributed by atoms with van der Waals surface area (Å²) in [6, 6.07) is 12.2. The van der Waals surface area contributed by atoms with Crippen LogP contribution < -0.4 is 14.4 Å². The largest absolute Gasteiger partial charge is 0.490 e. The minimum absolute atomic E-state index is 0.0264. The molecule has 3 aliphatic rings. The number of fused-ring (bicyclic) bond motifs is 3. The van der Waals surface area contributed by atoms with Gasteiger partial charge >= 0.3 is 0 Å². The molecule has 1 fully saturated rings. The smallest absolute Gasteiger partial charge is 0.285 e. The Balaban J connectivity index is 1.37. The molecular formula is C42H54N4O6S. The number of allylic oxidation sites excluding steroid dienone is 1. The van der Waals surface area contributed by atoms with Crippen molar-refractivity contribution in [1.29, 1.82) is 0 Å². The van der Waals surface area contributed by atoms with Gasteiger partial charge in [0.25, 0.3) is 5.91 Å². The molecule has 3 aromatic rings. The number of carbonyl (C=O) groups is 2. The van der Waals surface area contributed by atoms with Gasteiger partial charge in [0.2, 0.25) is 5.88 Å². The van der Waals surface area contributed by atoms with Crippen molar-refractivity contribution in [3.8, 4) is 11.6 Å². The quantitative estimate of drug-likeness (QED) is 0.127. The lowest BCUT2D eigenvalue weighted by Crippen LogP contribution is -2.49. The summed E-state index contributed by atoms with van der Waals surface area (Å²) >= 11 is 0. The molecule has 2 aromatic carbocycles. The Bertz CT molecular complexity index is 2000.